The molecular weight excluding hydrogens is 455 g/mol. The molecule has 2 aliphatic rings. The zero-order chi connectivity index (χ0) is 24.1. The number of amides is 1. The Morgan fingerprint density at radius 1 is 1.21 bits per heavy atom. The van der Waals surface area contributed by atoms with Crippen molar-refractivity contribution >= 4 is 29.3 Å². The molecule has 3 heterocycles. The Hall–Kier alpha value is -3.33. The molecule has 0 radical (unpaired) electrons. The Bertz CT molecular complexity index is 1270. The first-order valence-electron chi connectivity index (χ1n) is 11.1. The lowest BCUT2D eigenvalue weighted by atomic mass is 9.66. The van der Waals surface area contributed by atoms with Gasteiger partial charge in [0.2, 0.25) is 5.78 Å². The highest BCUT2D eigenvalue weighted by Crippen LogP contribution is 2.46. The summed E-state index contributed by atoms with van der Waals surface area (Å²) in [5.74, 6) is -0.409. The van der Waals surface area contributed by atoms with Gasteiger partial charge in [-0.05, 0) is 69.5 Å². The number of Topliss-reactive ketones (excluding diaryl/α,β-unsaturated/α-hetero) is 1. The van der Waals surface area contributed by atoms with Crippen molar-refractivity contribution in [2.75, 3.05) is 13.1 Å². The molecule has 0 saturated carbocycles. The lowest BCUT2D eigenvalue weighted by Crippen LogP contribution is -2.54. The van der Waals surface area contributed by atoms with Gasteiger partial charge < -0.3 is 9.64 Å². The molecule has 1 saturated heterocycles. The number of carbonyl (C=O) groups excluding carboxylic acids is 2. The average molecular weight is 481 g/mol. The third-order valence-electron chi connectivity index (χ3n) is 6.20. The van der Waals surface area contributed by atoms with Crippen molar-refractivity contribution in [3.05, 3.63) is 69.7 Å². The van der Waals surface area contributed by atoms with Gasteiger partial charge in [0.05, 0.1) is 23.0 Å². The van der Waals surface area contributed by atoms with Crippen molar-refractivity contribution < 1.29 is 18.7 Å². The van der Waals surface area contributed by atoms with Crippen molar-refractivity contribution in [3.8, 4) is 5.69 Å². The molecule has 176 valence electrons. The summed E-state index contributed by atoms with van der Waals surface area (Å²) in [6.45, 7) is 6.15. The summed E-state index contributed by atoms with van der Waals surface area (Å²) in [5, 5.41) is 6.73. The molecule has 2 aromatic heterocycles. The number of nitrogens with zero attached hydrogens (tertiary/aromatic N) is 4. The Kier molecular flexibility index (Phi) is 5.39. The molecule has 1 amide bonds. The van der Waals surface area contributed by atoms with Crippen molar-refractivity contribution in [1.82, 2.24) is 19.7 Å². The number of hydrogen-bond acceptors (Lipinski definition) is 6. The van der Waals surface area contributed by atoms with Crippen LogP contribution < -0.4 is 0 Å². The first-order chi connectivity index (χ1) is 16.2. The van der Waals surface area contributed by atoms with E-state index >= 15 is 0 Å². The molecule has 1 unspecified atom stereocenters. The Morgan fingerprint density at radius 3 is 2.65 bits per heavy atom. The maximum Gasteiger partial charge on any atom is 0.410 e. The van der Waals surface area contributed by atoms with Crippen LogP contribution in [-0.4, -0.2) is 50.2 Å². The first kappa shape index (κ1) is 22.5. The molecule has 1 aliphatic heterocycles. The molecule has 0 N–H and O–H groups in total. The molecule has 34 heavy (non-hydrogen) atoms. The van der Waals surface area contributed by atoms with E-state index in [9.17, 15) is 14.0 Å². The Balaban J connectivity index is 1.55. The number of hydrogen-bond donors (Lipinski definition) is 0. The summed E-state index contributed by atoms with van der Waals surface area (Å²) in [6.07, 6.45) is 5.87. The molecule has 1 aromatic carbocycles. The number of halogens is 1. The number of fused-ring (bicyclic) bond motifs is 2. The van der Waals surface area contributed by atoms with Crippen LogP contribution in [0.1, 0.15) is 48.3 Å². The molecular formula is C25H25FN4O3S. The number of benzene rings is 1. The van der Waals surface area contributed by atoms with Gasteiger partial charge in [0.15, 0.2) is 5.01 Å². The molecule has 1 fully saturated rings. The molecule has 9 heteroatoms. The largest absolute Gasteiger partial charge is 0.444 e. The minimum absolute atomic E-state index is 0.0952. The highest BCUT2D eigenvalue weighted by molar-refractivity contribution is 7.11. The Morgan fingerprint density at radius 2 is 1.97 bits per heavy atom. The summed E-state index contributed by atoms with van der Waals surface area (Å²) in [5.41, 5.74) is 1.89. The van der Waals surface area contributed by atoms with E-state index in [0.717, 1.165) is 22.5 Å². The van der Waals surface area contributed by atoms with E-state index in [1.165, 1.54) is 23.5 Å². The van der Waals surface area contributed by atoms with Gasteiger partial charge in [-0.3, -0.25) is 4.79 Å². The summed E-state index contributed by atoms with van der Waals surface area (Å²) in [4.78, 5) is 32.7. The normalized spacial score (nSPS) is 19.8. The molecule has 1 aliphatic carbocycles. The van der Waals surface area contributed by atoms with Crippen LogP contribution in [-0.2, 0) is 11.2 Å². The third kappa shape index (κ3) is 3.94. The predicted molar refractivity (Wildman–Crippen MR) is 127 cm³/mol. The minimum Gasteiger partial charge on any atom is -0.444 e. The number of ketones is 1. The molecule has 7 nitrogen and oxygen atoms in total. The molecule has 5 rings (SSSR count). The van der Waals surface area contributed by atoms with E-state index < -0.39 is 17.1 Å². The van der Waals surface area contributed by atoms with E-state index in [1.807, 2.05) is 26.8 Å². The fourth-order valence-corrected chi connectivity index (χ4v) is 5.34. The van der Waals surface area contributed by atoms with Crippen LogP contribution in [0.3, 0.4) is 0 Å². The highest BCUT2D eigenvalue weighted by atomic mass is 32.1. The van der Waals surface area contributed by atoms with Crippen LogP contribution in [0.2, 0.25) is 0 Å². The highest BCUT2D eigenvalue weighted by Gasteiger charge is 2.50. The maximum atomic E-state index is 13.9. The monoisotopic (exact) mass is 480 g/mol. The van der Waals surface area contributed by atoms with Crippen molar-refractivity contribution in [2.45, 2.75) is 39.2 Å². The lowest BCUT2D eigenvalue weighted by Gasteiger charge is -2.45. The molecule has 3 aromatic rings. The van der Waals surface area contributed by atoms with Crippen molar-refractivity contribution in [2.24, 2.45) is 5.41 Å². The second kappa shape index (κ2) is 8.16. The second-order valence-electron chi connectivity index (χ2n) is 9.69. The van der Waals surface area contributed by atoms with Gasteiger partial charge in [0.1, 0.15) is 11.4 Å². The number of piperidine rings is 1. The van der Waals surface area contributed by atoms with E-state index in [4.69, 9.17) is 4.74 Å². The molecule has 0 bridgehead atoms. The van der Waals surface area contributed by atoms with E-state index in [0.29, 0.717) is 24.4 Å². The van der Waals surface area contributed by atoms with Crippen LogP contribution in [0.15, 0.2) is 47.6 Å². The first-order valence-corrected chi connectivity index (χ1v) is 12.0. The Labute approximate surface area is 200 Å². The predicted octanol–water partition coefficient (Wildman–Crippen LogP) is 4.92. The number of carbonyl (C=O) groups is 2. The van der Waals surface area contributed by atoms with E-state index in [2.05, 4.69) is 10.1 Å². The second-order valence-corrected chi connectivity index (χ2v) is 10.6. The van der Waals surface area contributed by atoms with Gasteiger partial charge in [-0.1, -0.05) is 5.57 Å². The summed E-state index contributed by atoms with van der Waals surface area (Å²) >= 11 is 1.30. The van der Waals surface area contributed by atoms with Gasteiger partial charge >= 0.3 is 6.09 Å². The number of ether oxygens (including phenoxy) is 1. The van der Waals surface area contributed by atoms with Crippen molar-refractivity contribution in [3.63, 3.8) is 0 Å². The number of rotatable bonds is 3. The summed E-state index contributed by atoms with van der Waals surface area (Å²) in [7, 11) is 0. The third-order valence-corrected chi connectivity index (χ3v) is 6.97. The van der Waals surface area contributed by atoms with Crippen LogP contribution in [0.5, 0.6) is 0 Å². The summed E-state index contributed by atoms with van der Waals surface area (Å²) in [6, 6.07) is 6.15. The van der Waals surface area contributed by atoms with Gasteiger partial charge in [0, 0.05) is 24.7 Å². The number of thiazole rings is 1. The average Bonchev–Trinajstić information content (AvgIpc) is 3.46. The smallest absolute Gasteiger partial charge is 0.410 e. The number of likely N-dealkylation sites (tertiary alicyclic amines) is 1. The zero-order valence-electron chi connectivity index (χ0n) is 19.2. The SMILES string of the molecule is CC(C)(C)OC(=O)N1CCC2=Cc3c(cnn3-c3ccc(F)cc3)CC2(C(=O)c2nccs2)C1. The van der Waals surface area contributed by atoms with Crippen LogP contribution in [0.4, 0.5) is 9.18 Å². The van der Waals surface area contributed by atoms with Gasteiger partial charge in [0.25, 0.3) is 0 Å². The van der Waals surface area contributed by atoms with Gasteiger partial charge in [-0.25, -0.2) is 18.9 Å². The lowest BCUT2D eigenvalue weighted by molar-refractivity contribution is 0.0138. The quantitative estimate of drug-likeness (QED) is 0.498. The standard InChI is InChI=1S/C25H25FN4O3S/c1-24(2,3)33-23(32)29-10-8-17-12-20-16(14-28-30(20)19-6-4-18(26)5-7-19)13-25(17,15-29)21(31)22-27-9-11-34-22/h4-7,9,11-12,14H,8,10,13,15H2,1-3H3. The molecule has 0 spiro atoms. The van der Waals surface area contributed by atoms with Crippen LogP contribution in [0, 0.1) is 11.2 Å². The van der Waals surface area contributed by atoms with Crippen LogP contribution >= 0.6 is 11.3 Å². The number of aromatic nitrogens is 3. The fourth-order valence-electron chi connectivity index (χ4n) is 4.66. The minimum atomic E-state index is -0.934. The van der Waals surface area contributed by atoms with Gasteiger partial charge in [-0.2, -0.15) is 5.10 Å². The topological polar surface area (TPSA) is 77.3 Å². The zero-order valence-corrected chi connectivity index (χ0v) is 20.1. The van der Waals surface area contributed by atoms with E-state index in [1.54, 1.807) is 39.5 Å². The maximum absolute atomic E-state index is 13.9. The van der Waals surface area contributed by atoms with E-state index in [-0.39, 0.29) is 18.1 Å². The fraction of sp³-hybridized carbons (Fsp3) is 0.360. The van der Waals surface area contributed by atoms with Crippen molar-refractivity contribution in [1.29, 1.82) is 0 Å². The van der Waals surface area contributed by atoms with Gasteiger partial charge in [-0.15, -0.1) is 11.3 Å². The summed E-state index contributed by atoms with van der Waals surface area (Å²) < 4.78 is 20.8. The molecule has 1 atom stereocenters. The van der Waals surface area contributed by atoms with Crippen LogP contribution in [0.25, 0.3) is 11.8 Å².